The van der Waals surface area contributed by atoms with E-state index >= 15 is 0 Å². The van der Waals surface area contributed by atoms with Crippen LogP contribution in [0.15, 0.2) is 30.3 Å². The Labute approximate surface area is 80.3 Å². The molecular weight excluding hydrogens is 163 g/mol. The van der Waals surface area contributed by atoms with Gasteiger partial charge in [0, 0.05) is 13.7 Å². The number of ether oxygens (including phenoxy) is 2. The lowest BCUT2D eigenvalue weighted by molar-refractivity contribution is -0.0303. The summed E-state index contributed by atoms with van der Waals surface area (Å²) in [7, 11) is 7.45. The van der Waals surface area contributed by atoms with Crippen molar-refractivity contribution in [3.63, 3.8) is 0 Å². The molecule has 0 amide bonds. The van der Waals surface area contributed by atoms with Crippen LogP contribution in [0.5, 0.6) is 0 Å². The zero-order valence-corrected chi connectivity index (χ0v) is 7.77. The fourth-order valence-corrected chi connectivity index (χ4v) is 1.05. The van der Waals surface area contributed by atoms with Crippen molar-refractivity contribution < 1.29 is 9.47 Å². The molecule has 3 heteroatoms. The van der Waals surface area contributed by atoms with E-state index in [1.54, 1.807) is 7.11 Å². The van der Waals surface area contributed by atoms with Gasteiger partial charge in [-0.25, -0.2) is 0 Å². The molecule has 2 radical (unpaired) electrons. The van der Waals surface area contributed by atoms with Gasteiger partial charge in [-0.2, -0.15) is 0 Å². The zero-order valence-electron chi connectivity index (χ0n) is 7.77. The number of methoxy groups -OCH3 is 1. The molecule has 0 saturated heterocycles. The Morgan fingerprint density at radius 3 is 2.62 bits per heavy atom. The van der Waals surface area contributed by atoms with Gasteiger partial charge in [0.2, 0.25) is 0 Å². The van der Waals surface area contributed by atoms with Crippen molar-refractivity contribution in [1.29, 1.82) is 0 Å². The van der Waals surface area contributed by atoms with Gasteiger partial charge in [-0.3, -0.25) is 0 Å². The second-order valence-electron chi connectivity index (χ2n) is 2.79. The van der Waals surface area contributed by atoms with Crippen LogP contribution in [0.25, 0.3) is 0 Å². The minimum atomic E-state index is -0.0728. The van der Waals surface area contributed by atoms with Crippen LogP contribution in [0.3, 0.4) is 0 Å². The van der Waals surface area contributed by atoms with Gasteiger partial charge in [0.05, 0.1) is 7.85 Å². The van der Waals surface area contributed by atoms with Crippen molar-refractivity contribution in [2.45, 2.75) is 5.82 Å². The molecule has 0 fully saturated rings. The average molecular weight is 176 g/mol. The van der Waals surface area contributed by atoms with E-state index in [0.717, 1.165) is 5.56 Å². The maximum Gasteiger partial charge on any atom is 0.146 e. The average Bonchev–Trinajstić information content (AvgIpc) is 2.19. The first kappa shape index (κ1) is 10.3. The largest absolute Gasteiger partial charge is 0.359 e. The van der Waals surface area contributed by atoms with Crippen LogP contribution in [0.1, 0.15) is 11.4 Å². The molecule has 0 heterocycles. The van der Waals surface area contributed by atoms with Crippen molar-refractivity contribution >= 4 is 7.85 Å². The van der Waals surface area contributed by atoms with Gasteiger partial charge in [0.15, 0.2) is 0 Å². The summed E-state index contributed by atoms with van der Waals surface area (Å²) < 4.78 is 9.90. The molecule has 0 unspecified atom stereocenters. The van der Waals surface area contributed by atoms with E-state index < -0.39 is 0 Å². The molecule has 1 atom stereocenters. The van der Waals surface area contributed by atoms with Gasteiger partial charge >= 0.3 is 0 Å². The van der Waals surface area contributed by atoms with Crippen molar-refractivity contribution in [3.05, 3.63) is 35.9 Å². The number of rotatable bonds is 5. The summed E-state index contributed by atoms with van der Waals surface area (Å²) >= 11 is 0. The third kappa shape index (κ3) is 3.62. The molecular formula is C10H13BO2. The van der Waals surface area contributed by atoms with Gasteiger partial charge in [0.1, 0.15) is 6.79 Å². The molecule has 0 aromatic heterocycles. The van der Waals surface area contributed by atoms with E-state index in [2.05, 4.69) is 0 Å². The minimum Gasteiger partial charge on any atom is -0.359 e. The Kier molecular flexibility index (Phi) is 4.58. The van der Waals surface area contributed by atoms with Crippen LogP contribution in [0.4, 0.5) is 0 Å². The Balaban J connectivity index is 2.35. The van der Waals surface area contributed by atoms with E-state index in [1.807, 2.05) is 30.3 Å². The highest BCUT2D eigenvalue weighted by Crippen LogP contribution is 2.11. The monoisotopic (exact) mass is 176 g/mol. The van der Waals surface area contributed by atoms with Crippen LogP contribution in [0.2, 0.25) is 0 Å². The lowest BCUT2D eigenvalue weighted by Crippen LogP contribution is -2.09. The molecule has 68 valence electrons. The Bertz CT molecular complexity index is 226. The highest BCUT2D eigenvalue weighted by atomic mass is 16.7. The fourth-order valence-electron chi connectivity index (χ4n) is 1.05. The number of hydrogen-bond acceptors (Lipinski definition) is 2. The summed E-state index contributed by atoms with van der Waals surface area (Å²) in [4.78, 5) is 0. The molecule has 0 aliphatic rings. The standard InChI is InChI=1S/C10H13BO2/c1-12-8-13-7-10(11)9-5-3-2-4-6-9/h2-6,10H,7-8H2,1H3/t10-/m0/s1. The first-order valence-corrected chi connectivity index (χ1v) is 4.22. The third-order valence-corrected chi connectivity index (χ3v) is 1.73. The molecule has 2 nitrogen and oxygen atoms in total. The summed E-state index contributed by atoms with van der Waals surface area (Å²) in [5, 5.41) is 0. The fraction of sp³-hybridized carbons (Fsp3) is 0.400. The Morgan fingerprint density at radius 1 is 1.31 bits per heavy atom. The predicted molar refractivity (Wildman–Crippen MR) is 52.8 cm³/mol. The summed E-state index contributed by atoms with van der Waals surface area (Å²) in [5.74, 6) is -0.0728. The topological polar surface area (TPSA) is 18.5 Å². The summed E-state index contributed by atoms with van der Waals surface area (Å²) in [5.41, 5.74) is 1.08. The molecule has 0 spiro atoms. The van der Waals surface area contributed by atoms with Crippen molar-refractivity contribution in [1.82, 2.24) is 0 Å². The van der Waals surface area contributed by atoms with Crippen LogP contribution in [-0.2, 0) is 9.47 Å². The molecule has 1 rings (SSSR count). The summed E-state index contributed by atoms with van der Waals surface area (Å²) in [6, 6.07) is 9.87. The van der Waals surface area contributed by atoms with Gasteiger partial charge in [-0.05, 0) is 5.82 Å². The highest BCUT2D eigenvalue weighted by molar-refractivity contribution is 6.12. The second-order valence-corrected chi connectivity index (χ2v) is 2.79. The minimum absolute atomic E-state index is 0.0728. The molecule has 0 N–H and O–H groups in total. The second kappa shape index (κ2) is 5.78. The lowest BCUT2D eigenvalue weighted by Gasteiger charge is -2.11. The lowest BCUT2D eigenvalue weighted by atomic mass is 9.82. The molecule has 1 aromatic carbocycles. The van der Waals surface area contributed by atoms with Gasteiger partial charge in [0.25, 0.3) is 0 Å². The van der Waals surface area contributed by atoms with Crippen LogP contribution >= 0.6 is 0 Å². The maximum absolute atomic E-state index is 5.86. The number of hydrogen-bond donors (Lipinski definition) is 0. The van der Waals surface area contributed by atoms with Crippen molar-refractivity contribution in [2.75, 3.05) is 20.5 Å². The first-order valence-electron chi connectivity index (χ1n) is 4.22. The molecule has 13 heavy (non-hydrogen) atoms. The summed E-state index contributed by atoms with van der Waals surface area (Å²) in [6.45, 7) is 0.776. The van der Waals surface area contributed by atoms with Crippen LogP contribution in [-0.4, -0.2) is 28.4 Å². The van der Waals surface area contributed by atoms with Gasteiger partial charge < -0.3 is 9.47 Å². The van der Waals surface area contributed by atoms with E-state index in [0.29, 0.717) is 13.4 Å². The number of benzene rings is 1. The van der Waals surface area contributed by atoms with Crippen molar-refractivity contribution in [2.24, 2.45) is 0 Å². The molecule has 1 aromatic rings. The molecule has 0 aliphatic carbocycles. The quantitative estimate of drug-likeness (QED) is 0.384. The van der Waals surface area contributed by atoms with E-state index in [9.17, 15) is 0 Å². The van der Waals surface area contributed by atoms with Gasteiger partial charge in [-0.15, -0.1) is 0 Å². The third-order valence-electron chi connectivity index (χ3n) is 1.73. The molecule has 0 bridgehead atoms. The highest BCUT2D eigenvalue weighted by Gasteiger charge is 2.03. The van der Waals surface area contributed by atoms with Crippen LogP contribution in [0, 0.1) is 0 Å². The van der Waals surface area contributed by atoms with Crippen LogP contribution < -0.4 is 0 Å². The van der Waals surface area contributed by atoms with E-state index in [-0.39, 0.29) is 5.82 Å². The van der Waals surface area contributed by atoms with Crippen molar-refractivity contribution in [3.8, 4) is 0 Å². The van der Waals surface area contributed by atoms with E-state index in [4.69, 9.17) is 17.3 Å². The molecule has 0 saturated carbocycles. The first-order chi connectivity index (χ1) is 6.34. The van der Waals surface area contributed by atoms with E-state index in [1.165, 1.54) is 0 Å². The molecule has 0 aliphatic heterocycles. The Hall–Kier alpha value is -0.795. The summed E-state index contributed by atoms with van der Waals surface area (Å²) in [6.07, 6.45) is 0. The van der Waals surface area contributed by atoms with Gasteiger partial charge in [-0.1, -0.05) is 35.9 Å². The maximum atomic E-state index is 5.86. The normalized spacial score (nSPS) is 12.7. The zero-order chi connectivity index (χ0) is 9.52. The SMILES string of the molecule is [B][C@@H](COCOC)c1ccccc1. The Morgan fingerprint density at radius 2 is 2.00 bits per heavy atom. The predicted octanol–water partition coefficient (Wildman–Crippen LogP) is 1.52. The smallest absolute Gasteiger partial charge is 0.146 e.